The Morgan fingerprint density at radius 3 is 2.50 bits per heavy atom. The van der Waals surface area contributed by atoms with E-state index < -0.39 is 0 Å². The summed E-state index contributed by atoms with van der Waals surface area (Å²) >= 11 is 0. The van der Waals surface area contributed by atoms with Gasteiger partial charge in [-0.15, -0.1) is 0 Å². The van der Waals surface area contributed by atoms with Crippen LogP contribution in [0.2, 0.25) is 0 Å². The first kappa shape index (κ1) is 12.8. The van der Waals surface area contributed by atoms with Gasteiger partial charge in [0.05, 0.1) is 0 Å². The van der Waals surface area contributed by atoms with Gasteiger partial charge in [-0.25, -0.2) is 4.98 Å². The standard InChI is InChI=1S/C14H19N3O/c1-9-4-10(2)6-13(5-9)18-14-16-11(3)7-12(8-15)17-14/h7,9-10,13H,4-6H2,1-3H3. The van der Waals surface area contributed by atoms with E-state index in [0.29, 0.717) is 23.5 Å². The van der Waals surface area contributed by atoms with Crippen molar-refractivity contribution < 1.29 is 4.74 Å². The SMILES string of the molecule is Cc1cc(C#N)nc(OC2CC(C)CC(C)C2)n1. The highest BCUT2D eigenvalue weighted by atomic mass is 16.5. The Balaban J connectivity index is 2.09. The Kier molecular flexibility index (Phi) is 3.81. The molecule has 0 N–H and O–H groups in total. The van der Waals surface area contributed by atoms with E-state index in [1.807, 2.05) is 13.0 Å². The Labute approximate surface area is 108 Å². The molecule has 2 rings (SSSR count). The maximum Gasteiger partial charge on any atom is 0.318 e. The second kappa shape index (κ2) is 5.34. The maximum atomic E-state index is 8.88. The fourth-order valence-electron chi connectivity index (χ4n) is 2.77. The van der Waals surface area contributed by atoms with Crippen LogP contribution in [0.3, 0.4) is 0 Å². The highest BCUT2D eigenvalue weighted by molar-refractivity contribution is 5.23. The minimum Gasteiger partial charge on any atom is -0.460 e. The third kappa shape index (κ3) is 3.19. The van der Waals surface area contributed by atoms with Crippen molar-refractivity contribution in [2.75, 3.05) is 0 Å². The summed E-state index contributed by atoms with van der Waals surface area (Å²) < 4.78 is 5.85. The first-order valence-corrected chi connectivity index (χ1v) is 6.49. The number of aryl methyl sites for hydroxylation is 1. The Morgan fingerprint density at radius 2 is 1.89 bits per heavy atom. The third-order valence-electron chi connectivity index (χ3n) is 3.36. The highest BCUT2D eigenvalue weighted by Crippen LogP contribution is 2.30. The largest absolute Gasteiger partial charge is 0.460 e. The molecule has 4 heteroatoms. The van der Waals surface area contributed by atoms with E-state index in [2.05, 4.69) is 23.8 Å². The van der Waals surface area contributed by atoms with Crippen LogP contribution in [0.15, 0.2) is 6.07 Å². The molecule has 1 aliphatic carbocycles. The molecule has 1 fully saturated rings. The van der Waals surface area contributed by atoms with Gasteiger partial charge in [-0.3, -0.25) is 0 Å². The summed E-state index contributed by atoms with van der Waals surface area (Å²) in [4.78, 5) is 8.34. The fourth-order valence-corrected chi connectivity index (χ4v) is 2.77. The summed E-state index contributed by atoms with van der Waals surface area (Å²) in [6.07, 6.45) is 3.53. The number of hydrogen-bond acceptors (Lipinski definition) is 4. The van der Waals surface area contributed by atoms with E-state index in [9.17, 15) is 0 Å². The van der Waals surface area contributed by atoms with Crippen molar-refractivity contribution in [1.82, 2.24) is 9.97 Å². The van der Waals surface area contributed by atoms with Gasteiger partial charge in [0.1, 0.15) is 17.9 Å². The fraction of sp³-hybridized carbons (Fsp3) is 0.643. The zero-order valence-electron chi connectivity index (χ0n) is 11.2. The lowest BCUT2D eigenvalue weighted by Gasteiger charge is -2.30. The minimum absolute atomic E-state index is 0.178. The summed E-state index contributed by atoms with van der Waals surface area (Å²) in [7, 11) is 0. The van der Waals surface area contributed by atoms with Crippen LogP contribution >= 0.6 is 0 Å². The lowest BCUT2D eigenvalue weighted by atomic mass is 9.82. The number of nitriles is 1. The molecule has 96 valence electrons. The van der Waals surface area contributed by atoms with E-state index in [-0.39, 0.29) is 6.10 Å². The van der Waals surface area contributed by atoms with Crippen LogP contribution in [-0.4, -0.2) is 16.1 Å². The summed E-state index contributed by atoms with van der Waals surface area (Å²) in [6, 6.07) is 4.04. The van der Waals surface area contributed by atoms with Crippen LogP contribution in [0.1, 0.15) is 44.5 Å². The predicted molar refractivity (Wildman–Crippen MR) is 68.1 cm³/mol. The van der Waals surface area contributed by atoms with Gasteiger partial charge in [0.25, 0.3) is 0 Å². The average molecular weight is 245 g/mol. The van der Waals surface area contributed by atoms with Gasteiger partial charge < -0.3 is 4.74 Å². The number of aromatic nitrogens is 2. The zero-order valence-corrected chi connectivity index (χ0v) is 11.2. The maximum absolute atomic E-state index is 8.88. The lowest BCUT2D eigenvalue weighted by Crippen LogP contribution is -2.29. The molecule has 18 heavy (non-hydrogen) atoms. The molecule has 1 saturated carbocycles. The van der Waals surface area contributed by atoms with E-state index in [4.69, 9.17) is 10.00 Å². The number of ether oxygens (including phenoxy) is 1. The molecule has 1 aromatic rings. The smallest absolute Gasteiger partial charge is 0.318 e. The van der Waals surface area contributed by atoms with Gasteiger partial charge in [0.15, 0.2) is 0 Å². The molecule has 0 aromatic carbocycles. The summed E-state index contributed by atoms with van der Waals surface area (Å²) in [6.45, 7) is 6.36. The topological polar surface area (TPSA) is 58.8 Å². The molecular formula is C14H19N3O. The minimum atomic E-state index is 0.178. The molecule has 0 amide bonds. The highest BCUT2D eigenvalue weighted by Gasteiger charge is 2.26. The summed E-state index contributed by atoms with van der Waals surface area (Å²) in [5, 5.41) is 8.88. The first-order chi connectivity index (χ1) is 8.56. The second-order valence-electron chi connectivity index (χ2n) is 5.45. The van der Waals surface area contributed by atoms with Crippen LogP contribution in [0.25, 0.3) is 0 Å². The molecule has 2 unspecified atom stereocenters. The van der Waals surface area contributed by atoms with Crippen molar-refractivity contribution in [3.05, 3.63) is 17.5 Å². The molecule has 1 heterocycles. The van der Waals surface area contributed by atoms with Crippen molar-refractivity contribution in [1.29, 1.82) is 5.26 Å². The quantitative estimate of drug-likeness (QED) is 0.803. The third-order valence-corrected chi connectivity index (χ3v) is 3.36. The monoisotopic (exact) mass is 245 g/mol. The van der Waals surface area contributed by atoms with Crippen molar-refractivity contribution in [3.8, 4) is 12.1 Å². The lowest BCUT2D eigenvalue weighted by molar-refractivity contribution is 0.0917. The van der Waals surface area contributed by atoms with E-state index in [1.165, 1.54) is 6.42 Å². The van der Waals surface area contributed by atoms with Crippen molar-refractivity contribution in [2.24, 2.45) is 11.8 Å². The van der Waals surface area contributed by atoms with Gasteiger partial charge >= 0.3 is 6.01 Å². The Bertz CT molecular complexity index is 457. The van der Waals surface area contributed by atoms with Crippen LogP contribution in [0, 0.1) is 30.1 Å². The summed E-state index contributed by atoms with van der Waals surface area (Å²) in [5.74, 6) is 1.36. The van der Waals surface area contributed by atoms with Crippen molar-refractivity contribution in [3.63, 3.8) is 0 Å². The Morgan fingerprint density at radius 1 is 1.22 bits per heavy atom. The number of rotatable bonds is 2. The van der Waals surface area contributed by atoms with Crippen LogP contribution in [0.5, 0.6) is 6.01 Å². The molecule has 0 spiro atoms. The van der Waals surface area contributed by atoms with Gasteiger partial charge in [0, 0.05) is 5.69 Å². The van der Waals surface area contributed by atoms with Crippen LogP contribution in [0.4, 0.5) is 0 Å². The number of hydrogen-bond donors (Lipinski definition) is 0. The summed E-state index contributed by atoms with van der Waals surface area (Å²) in [5.41, 5.74) is 1.14. The van der Waals surface area contributed by atoms with Gasteiger partial charge in [-0.2, -0.15) is 10.2 Å². The van der Waals surface area contributed by atoms with E-state index in [0.717, 1.165) is 18.5 Å². The van der Waals surface area contributed by atoms with Crippen LogP contribution in [-0.2, 0) is 0 Å². The molecule has 2 atom stereocenters. The van der Waals surface area contributed by atoms with E-state index in [1.54, 1.807) is 6.07 Å². The molecule has 0 saturated heterocycles. The molecule has 4 nitrogen and oxygen atoms in total. The van der Waals surface area contributed by atoms with Gasteiger partial charge in [-0.05, 0) is 44.1 Å². The number of nitrogens with zero attached hydrogens (tertiary/aromatic N) is 3. The zero-order chi connectivity index (χ0) is 13.1. The van der Waals surface area contributed by atoms with Crippen LogP contribution < -0.4 is 4.74 Å². The molecule has 0 aliphatic heterocycles. The molecule has 1 aliphatic rings. The second-order valence-corrected chi connectivity index (χ2v) is 5.45. The average Bonchev–Trinajstić information content (AvgIpc) is 2.26. The van der Waals surface area contributed by atoms with E-state index >= 15 is 0 Å². The van der Waals surface area contributed by atoms with Gasteiger partial charge in [0.2, 0.25) is 0 Å². The molecule has 1 aromatic heterocycles. The first-order valence-electron chi connectivity index (χ1n) is 6.49. The van der Waals surface area contributed by atoms with Gasteiger partial charge in [-0.1, -0.05) is 13.8 Å². The molecular weight excluding hydrogens is 226 g/mol. The predicted octanol–water partition coefficient (Wildman–Crippen LogP) is 2.86. The van der Waals surface area contributed by atoms with Crippen molar-refractivity contribution in [2.45, 2.75) is 46.1 Å². The van der Waals surface area contributed by atoms with Crippen molar-refractivity contribution >= 4 is 0 Å². The molecule has 0 radical (unpaired) electrons. The normalized spacial score (nSPS) is 27.6. The Hall–Kier alpha value is -1.63. The molecule has 0 bridgehead atoms.